The van der Waals surface area contributed by atoms with E-state index < -0.39 is 5.97 Å². The summed E-state index contributed by atoms with van der Waals surface area (Å²) in [5, 5.41) is 11.6. The molecule has 0 aromatic heterocycles. The first-order chi connectivity index (χ1) is 10.1. The van der Waals surface area contributed by atoms with Crippen molar-refractivity contribution in [1.29, 1.82) is 0 Å². The molecule has 0 bridgehead atoms. The third-order valence-corrected chi connectivity index (χ3v) is 3.90. The van der Waals surface area contributed by atoms with Gasteiger partial charge in [0.2, 0.25) is 5.91 Å². The molecule has 2 rings (SSSR count). The molecule has 0 saturated carbocycles. The number of carbonyl (C=O) groups excluding carboxylic acids is 1. The quantitative estimate of drug-likeness (QED) is 0.842. The SMILES string of the molecule is O=C(O)CCC1CCN(CC(=O)Nc2ccccc2)CC1. The first-order valence-electron chi connectivity index (χ1n) is 7.42. The van der Waals surface area contributed by atoms with Crippen LogP contribution in [0.15, 0.2) is 30.3 Å². The van der Waals surface area contributed by atoms with E-state index in [0.29, 0.717) is 12.5 Å². The number of hydrogen-bond acceptors (Lipinski definition) is 3. The molecule has 1 aromatic carbocycles. The van der Waals surface area contributed by atoms with Crippen LogP contribution in [0.1, 0.15) is 25.7 Å². The molecule has 5 nitrogen and oxygen atoms in total. The third kappa shape index (κ3) is 5.55. The van der Waals surface area contributed by atoms with Crippen molar-refractivity contribution in [3.63, 3.8) is 0 Å². The Kier molecular flexibility index (Phi) is 5.75. The second-order valence-corrected chi connectivity index (χ2v) is 5.57. The molecule has 0 spiro atoms. The zero-order valence-corrected chi connectivity index (χ0v) is 12.1. The van der Waals surface area contributed by atoms with E-state index in [1.807, 2.05) is 30.3 Å². The third-order valence-electron chi connectivity index (χ3n) is 3.90. The zero-order chi connectivity index (χ0) is 15.1. The fourth-order valence-corrected chi connectivity index (χ4v) is 2.69. The summed E-state index contributed by atoms with van der Waals surface area (Å²) in [6, 6.07) is 9.44. The summed E-state index contributed by atoms with van der Waals surface area (Å²) in [6.45, 7) is 2.14. The van der Waals surface area contributed by atoms with E-state index in [0.717, 1.165) is 38.0 Å². The van der Waals surface area contributed by atoms with Crippen LogP contribution in [0.3, 0.4) is 0 Å². The average Bonchev–Trinajstić information content (AvgIpc) is 2.47. The Bertz CT molecular complexity index is 468. The van der Waals surface area contributed by atoms with E-state index in [2.05, 4.69) is 10.2 Å². The van der Waals surface area contributed by atoms with Gasteiger partial charge >= 0.3 is 5.97 Å². The van der Waals surface area contributed by atoms with Crippen LogP contribution in [-0.4, -0.2) is 41.5 Å². The minimum Gasteiger partial charge on any atom is -0.481 e. The highest BCUT2D eigenvalue weighted by Gasteiger charge is 2.21. The van der Waals surface area contributed by atoms with Crippen LogP contribution in [0.25, 0.3) is 0 Å². The van der Waals surface area contributed by atoms with Gasteiger partial charge in [0.15, 0.2) is 0 Å². The number of nitrogens with zero attached hydrogens (tertiary/aromatic N) is 1. The summed E-state index contributed by atoms with van der Waals surface area (Å²) in [6.07, 6.45) is 2.95. The van der Waals surface area contributed by atoms with Gasteiger partial charge in [-0.3, -0.25) is 14.5 Å². The monoisotopic (exact) mass is 290 g/mol. The lowest BCUT2D eigenvalue weighted by Gasteiger charge is -2.31. The lowest BCUT2D eigenvalue weighted by Crippen LogP contribution is -2.39. The van der Waals surface area contributed by atoms with Crippen LogP contribution in [-0.2, 0) is 9.59 Å². The van der Waals surface area contributed by atoms with E-state index >= 15 is 0 Å². The van der Waals surface area contributed by atoms with Crippen LogP contribution in [0, 0.1) is 5.92 Å². The molecule has 114 valence electrons. The van der Waals surface area contributed by atoms with Crippen LogP contribution in [0.4, 0.5) is 5.69 Å². The van der Waals surface area contributed by atoms with Crippen LogP contribution in [0.5, 0.6) is 0 Å². The highest BCUT2D eigenvalue weighted by molar-refractivity contribution is 5.92. The number of carboxylic acids is 1. The number of anilines is 1. The Balaban J connectivity index is 1.68. The molecule has 5 heteroatoms. The Morgan fingerprint density at radius 3 is 2.48 bits per heavy atom. The standard InChI is InChI=1S/C16H22N2O3/c19-15(17-14-4-2-1-3-5-14)12-18-10-8-13(9-11-18)6-7-16(20)21/h1-5,13H,6-12H2,(H,17,19)(H,20,21). The molecular formula is C16H22N2O3. The zero-order valence-electron chi connectivity index (χ0n) is 12.1. The lowest BCUT2D eigenvalue weighted by atomic mass is 9.92. The first kappa shape index (κ1) is 15.5. The molecule has 0 atom stereocenters. The predicted molar refractivity (Wildman–Crippen MR) is 81.1 cm³/mol. The van der Waals surface area contributed by atoms with Crippen molar-refractivity contribution < 1.29 is 14.7 Å². The van der Waals surface area contributed by atoms with E-state index in [4.69, 9.17) is 5.11 Å². The smallest absolute Gasteiger partial charge is 0.303 e. The number of rotatable bonds is 6. The van der Waals surface area contributed by atoms with Gasteiger partial charge in [0.05, 0.1) is 6.54 Å². The topological polar surface area (TPSA) is 69.6 Å². The Hall–Kier alpha value is -1.88. The van der Waals surface area contributed by atoms with Gasteiger partial charge in [0.1, 0.15) is 0 Å². The molecule has 1 heterocycles. The number of piperidine rings is 1. The second kappa shape index (κ2) is 7.78. The fraction of sp³-hybridized carbons (Fsp3) is 0.500. The van der Waals surface area contributed by atoms with Gasteiger partial charge < -0.3 is 10.4 Å². The number of likely N-dealkylation sites (tertiary alicyclic amines) is 1. The summed E-state index contributed by atoms with van der Waals surface area (Å²) < 4.78 is 0. The van der Waals surface area contributed by atoms with Gasteiger partial charge in [-0.1, -0.05) is 18.2 Å². The normalized spacial score (nSPS) is 16.6. The first-order valence-corrected chi connectivity index (χ1v) is 7.42. The van der Waals surface area contributed by atoms with Crippen molar-refractivity contribution in [2.45, 2.75) is 25.7 Å². The highest BCUT2D eigenvalue weighted by Crippen LogP contribution is 2.21. The van der Waals surface area contributed by atoms with E-state index in [9.17, 15) is 9.59 Å². The predicted octanol–water partition coefficient (Wildman–Crippen LogP) is 2.20. The van der Waals surface area contributed by atoms with Crippen LogP contribution < -0.4 is 5.32 Å². The molecule has 1 aromatic rings. The lowest BCUT2D eigenvalue weighted by molar-refractivity contribution is -0.137. The summed E-state index contributed by atoms with van der Waals surface area (Å²) in [4.78, 5) is 24.6. The highest BCUT2D eigenvalue weighted by atomic mass is 16.4. The van der Waals surface area contributed by atoms with Gasteiger partial charge in [-0.15, -0.1) is 0 Å². The molecule has 1 fully saturated rings. The Labute approximate surface area is 125 Å². The molecule has 21 heavy (non-hydrogen) atoms. The molecular weight excluding hydrogens is 268 g/mol. The molecule has 2 N–H and O–H groups in total. The summed E-state index contributed by atoms with van der Waals surface area (Å²) in [5.41, 5.74) is 0.818. The van der Waals surface area contributed by atoms with Crippen molar-refractivity contribution in [3.8, 4) is 0 Å². The van der Waals surface area contributed by atoms with E-state index in [1.165, 1.54) is 0 Å². The van der Waals surface area contributed by atoms with Gasteiger partial charge in [0.25, 0.3) is 0 Å². The second-order valence-electron chi connectivity index (χ2n) is 5.57. The Morgan fingerprint density at radius 1 is 1.19 bits per heavy atom. The van der Waals surface area contributed by atoms with Gasteiger partial charge in [-0.05, 0) is 50.4 Å². The van der Waals surface area contributed by atoms with Gasteiger partial charge in [-0.2, -0.15) is 0 Å². The van der Waals surface area contributed by atoms with E-state index in [-0.39, 0.29) is 12.3 Å². The number of hydrogen-bond donors (Lipinski definition) is 2. The van der Waals surface area contributed by atoms with Crippen molar-refractivity contribution >= 4 is 17.6 Å². The van der Waals surface area contributed by atoms with Gasteiger partial charge in [-0.25, -0.2) is 0 Å². The number of benzene rings is 1. The minimum absolute atomic E-state index is 0.00480. The molecule has 0 radical (unpaired) electrons. The Morgan fingerprint density at radius 2 is 1.86 bits per heavy atom. The molecule has 0 aliphatic carbocycles. The number of carboxylic acid groups (broad SMARTS) is 1. The molecule has 1 aliphatic heterocycles. The average molecular weight is 290 g/mol. The summed E-state index contributed by atoms with van der Waals surface area (Å²) in [7, 11) is 0. The molecule has 1 saturated heterocycles. The fourth-order valence-electron chi connectivity index (χ4n) is 2.69. The van der Waals surface area contributed by atoms with Crippen LogP contribution >= 0.6 is 0 Å². The van der Waals surface area contributed by atoms with Crippen molar-refractivity contribution in [2.75, 3.05) is 25.0 Å². The van der Waals surface area contributed by atoms with Crippen molar-refractivity contribution in [1.82, 2.24) is 4.90 Å². The minimum atomic E-state index is -0.723. The number of para-hydroxylation sites is 1. The van der Waals surface area contributed by atoms with Crippen molar-refractivity contribution in [3.05, 3.63) is 30.3 Å². The maximum absolute atomic E-state index is 11.9. The van der Waals surface area contributed by atoms with Crippen LogP contribution in [0.2, 0.25) is 0 Å². The molecule has 0 unspecified atom stereocenters. The molecule has 1 amide bonds. The number of nitrogens with one attached hydrogen (secondary N) is 1. The van der Waals surface area contributed by atoms with Crippen molar-refractivity contribution in [2.24, 2.45) is 5.92 Å². The largest absolute Gasteiger partial charge is 0.481 e. The van der Waals surface area contributed by atoms with E-state index in [1.54, 1.807) is 0 Å². The number of carbonyl (C=O) groups is 2. The maximum atomic E-state index is 11.9. The number of amides is 1. The maximum Gasteiger partial charge on any atom is 0.303 e. The van der Waals surface area contributed by atoms with Gasteiger partial charge in [0, 0.05) is 12.1 Å². The molecule has 1 aliphatic rings. The summed E-state index contributed by atoms with van der Waals surface area (Å²) >= 11 is 0. The number of aliphatic carboxylic acids is 1. The summed E-state index contributed by atoms with van der Waals surface area (Å²) in [5.74, 6) is -0.237.